The van der Waals surface area contributed by atoms with Crippen LogP contribution in [0.1, 0.15) is 10.5 Å². The maximum absolute atomic E-state index is 11.8. The first-order valence-electron chi connectivity index (χ1n) is 5.40. The zero-order chi connectivity index (χ0) is 13.0. The van der Waals surface area contributed by atoms with E-state index in [1.54, 1.807) is 24.3 Å². The van der Waals surface area contributed by atoms with Gasteiger partial charge in [0.1, 0.15) is 0 Å². The number of oxazole rings is 1. The number of rotatable bonds is 4. The van der Waals surface area contributed by atoms with Crippen molar-refractivity contribution >= 4 is 17.5 Å². The minimum absolute atomic E-state index is 0.241. The standard InChI is InChI=1S/C12H12ClN3O2/c13-9-3-1-8(2-4-9)11-10(16-7-18-11)12(17)15-6-5-14/h1-4,7H,5-6,14H2,(H,15,17). The summed E-state index contributed by atoms with van der Waals surface area (Å²) in [4.78, 5) is 15.7. The first-order valence-corrected chi connectivity index (χ1v) is 5.78. The molecule has 1 amide bonds. The van der Waals surface area contributed by atoms with Crippen LogP contribution in [0, 0.1) is 0 Å². The van der Waals surface area contributed by atoms with Crippen LogP contribution in [0.3, 0.4) is 0 Å². The summed E-state index contributed by atoms with van der Waals surface area (Å²) < 4.78 is 5.25. The molecule has 18 heavy (non-hydrogen) atoms. The predicted octanol–water partition coefficient (Wildman–Crippen LogP) is 1.68. The second-order valence-corrected chi connectivity index (χ2v) is 4.02. The van der Waals surface area contributed by atoms with Gasteiger partial charge in [0.25, 0.3) is 5.91 Å². The zero-order valence-electron chi connectivity index (χ0n) is 9.52. The highest BCUT2D eigenvalue weighted by molar-refractivity contribution is 6.30. The van der Waals surface area contributed by atoms with Crippen molar-refractivity contribution in [3.05, 3.63) is 41.4 Å². The van der Waals surface area contributed by atoms with Crippen LogP contribution in [-0.2, 0) is 0 Å². The maximum Gasteiger partial charge on any atom is 0.273 e. The largest absolute Gasteiger partial charge is 0.443 e. The van der Waals surface area contributed by atoms with E-state index in [1.165, 1.54) is 6.39 Å². The summed E-state index contributed by atoms with van der Waals surface area (Å²) in [7, 11) is 0. The fraction of sp³-hybridized carbons (Fsp3) is 0.167. The molecule has 0 spiro atoms. The molecule has 1 aromatic carbocycles. The van der Waals surface area contributed by atoms with Gasteiger partial charge in [0.2, 0.25) is 0 Å². The maximum atomic E-state index is 11.8. The Labute approximate surface area is 109 Å². The average Bonchev–Trinajstić information content (AvgIpc) is 2.86. The van der Waals surface area contributed by atoms with E-state index in [9.17, 15) is 4.79 Å². The molecule has 0 aliphatic heterocycles. The SMILES string of the molecule is NCCNC(=O)c1ncoc1-c1ccc(Cl)cc1. The molecular weight excluding hydrogens is 254 g/mol. The Morgan fingerprint density at radius 2 is 2.11 bits per heavy atom. The molecule has 94 valence electrons. The molecule has 3 N–H and O–H groups in total. The first kappa shape index (κ1) is 12.6. The van der Waals surface area contributed by atoms with Gasteiger partial charge in [0.05, 0.1) is 0 Å². The van der Waals surface area contributed by atoms with E-state index in [0.29, 0.717) is 23.9 Å². The van der Waals surface area contributed by atoms with Gasteiger partial charge >= 0.3 is 0 Å². The fourth-order valence-electron chi connectivity index (χ4n) is 1.48. The molecule has 0 radical (unpaired) electrons. The Bertz CT molecular complexity index is 537. The number of halogens is 1. The van der Waals surface area contributed by atoms with Gasteiger partial charge in [0, 0.05) is 23.7 Å². The molecule has 0 aliphatic rings. The summed E-state index contributed by atoms with van der Waals surface area (Å²) in [5.74, 6) is 0.111. The number of hydrogen-bond acceptors (Lipinski definition) is 4. The lowest BCUT2D eigenvalue weighted by Crippen LogP contribution is -2.29. The Morgan fingerprint density at radius 3 is 2.78 bits per heavy atom. The summed E-state index contributed by atoms with van der Waals surface area (Å²) in [6.45, 7) is 0.769. The molecule has 0 saturated carbocycles. The molecule has 0 fully saturated rings. The molecule has 2 rings (SSSR count). The van der Waals surface area contributed by atoms with Gasteiger partial charge < -0.3 is 15.5 Å². The number of carbonyl (C=O) groups excluding carboxylic acids is 1. The zero-order valence-corrected chi connectivity index (χ0v) is 10.3. The van der Waals surface area contributed by atoms with Crippen LogP contribution in [-0.4, -0.2) is 24.0 Å². The number of amides is 1. The van der Waals surface area contributed by atoms with E-state index < -0.39 is 0 Å². The Hall–Kier alpha value is -1.85. The van der Waals surface area contributed by atoms with Crippen molar-refractivity contribution in [1.29, 1.82) is 0 Å². The fourth-order valence-corrected chi connectivity index (χ4v) is 1.61. The van der Waals surface area contributed by atoms with Crippen LogP contribution >= 0.6 is 11.6 Å². The highest BCUT2D eigenvalue weighted by Crippen LogP contribution is 2.24. The van der Waals surface area contributed by atoms with E-state index in [0.717, 1.165) is 5.56 Å². The van der Waals surface area contributed by atoms with Gasteiger partial charge in [-0.05, 0) is 24.3 Å². The molecule has 0 bridgehead atoms. The molecule has 5 nitrogen and oxygen atoms in total. The molecule has 0 aliphatic carbocycles. The summed E-state index contributed by atoms with van der Waals surface area (Å²) in [6, 6.07) is 6.98. The monoisotopic (exact) mass is 265 g/mol. The van der Waals surface area contributed by atoms with Crippen LogP contribution in [0.5, 0.6) is 0 Å². The van der Waals surface area contributed by atoms with Crippen LogP contribution < -0.4 is 11.1 Å². The van der Waals surface area contributed by atoms with Crippen LogP contribution in [0.25, 0.3) is 11.3 Å². The van der Waals surface area contributed by atoms with Crippen molar-refractivity contribution < 1.29 is 9.21 Å². The number of aromatic nitrogens is 1. The predicted molar refractivity (Wildman–Crippen MR) is 68.3 cm³/mol. The summed E-state index contributed by atoms with van der Waals surface area (Å²) in [6.07, 6.45) is 1.24. The quantitative estimate of drug-likeness (QED) is 0.881. The van der Waals surface area contributed by atoms with Gasteiger partial charge in [-0.3, -0.25) is 4.79 Å². The van der Waals surface area contributed by atoms with Crippen molar-refractivity contribution in [3.8, 4) is 11.3 Å². The van der Waals surface area contributed by atoms with Gasteiger partial charge in [-0.25, -0.2) is 4.98 Å². The Kier molecular flexibility index (Phi) is 3.96. The molecule has 0 atom stereocenters. The lowest BCUT2D eigenvalue weighted by atomic mass is 10.1. The lowest BCUT2D eigenvalue weighted by molar-refractivity contribution is 0.0950. The van der Waals surface area contributed by atoms with E-state index >= 15 is 0 Å². The van der Waals surface area contributed by atoms with Gasteiger partial charge in [0.15, 0.2) is 17.8 Å². The van der Waals surface area contributed by atoms with E-state index in [2.05, 4.69) is 10.3 Å². The molecule has 1 heterocycles. The van der Waals surface area contributed by atoms with Crippen molar-refractivity contribution in [2.75, 3.05) is 13.1 Å². The second-order valence-electron chi connectivity index (χ2n) is 3.58. The topological polar surface area (TPSA) is 81.1 Å². The minimum Gasteiger partial charge on any atom is -0.443 e. The number of nitrogens with two attached hydrogens (primary N) is 1. The first-order chi connectivity index (χ1) is 8.72. The molecule has 2 aromatic rings. The smallest absolute Gasteiger partial charge is 0.273 e. The van der Waals surface area contributed by atoms with Crippen LogP contribution in [0.2, 0.25) is 5.02 Å². The lowest BCUT2D eigenvalue weighted by Gasteiger charge is -2.02. The van der Waals surface area contributed by atoms with E-state index in [-0.39, 0.29) is 11.6 Å². The Morgan fingerprint density at radius 1 is 1.39 bits per heavy atom. The normalized spacial score (nSPS) is 10.3. The van der Waals surface area contributed by atoms with Gasteiger partial charge in [-0.15, -0.1) is 0 Å². The van der Waals surface area contributed by atoms with E-state index in [4.69, 9.17) is 21.8 Å². The Balaban J connectivity index is 2.27. The van der Waals surface area contributed by atoms with Crippen molar-refractivity contribution in [1.82, 2.24) is 10.3 Å². The number of carbonyl (C=O) groups is 1. The summed E-state index contributed by atoms with van der Waals surface area (Å²) >= 11 is 5.80. The summed E-state index contributed by atoms with van der Waals surface area (Å²) in [5.41, 5.74) is 6.31. The molecule has 1 aromatic heterocycles. The highest BCUT2D eigenvalue weighted by Gasteiger charge is 2.17. The third-order valence-corrected chi connectivity index (χ3v) is 2.57. The summed E-state index contributed by atoms with van der Waals surface area (Å²) in [5, 5.41) is 3.26. The molecular formula is C12H12ClN3O2. The number of benzene rings is 1. The number of hydrogen-bond donors (Lipinski definition) is 2. The van der Waals surface area contributed by atoms with Crippen LogP contribution in [0.15, 0.2) is 35.1 Å². The van der Waals surface area contributed by atoms with Crippen molar-refractivity contribution in [3.63, 3.8) is 0 Å². The number of nitrogens with one attached hydrogen (secondary N) is 1. The van der Waals surface area contributed by atoms with Crippen molar-refractivity contribution in [2.24, 2.45) is 5.73 Å². The van der Waals surface area contributed by atoms with Gasteiger partial charge in [-0.2, -0.15) is 0 Å². The average molecular weight is 266 g/mol. The number of nitrogens with zero attached hydrogens (tertiary/aromatic N) is 1. The van der Waals surface area contributed by atoms with Crippen molar-refractivity contribution in [2.45, 2.75) is 0 Å². The minimum atomic E-state index is -0.306. The van der Waals surface area contributed by atoms with Gasteiger partial charge in [-0.1, -0.05) is 11.6 Å². The molecule has 0 unspecified atom stereocenters. The molecule has 6 heteroatoms. The molecule has 0 saturated heterocycles. The third kappa shape index (κ3) is 2.69. The van der Waals surface area contributed by atoms with E-state index in [1.807, 2.05) is 0 Å². The highest BCUT2D eigenvalue weighted by atomic mass is 35.5. The third-order valence-electron chi connectivity index (χ3n) is 2.32. The van der Waals surface area contributed by atoms with Crippen LogP contribution in [0.4, 0.5) is 0 Å². The second kappa shape index (κ2) is 5.66.